The van der Waals surface area contributed by atoms with E-state index in [1.165, 1.54) is 6.92 Å². The van der Waals surface area contributed by atoms with Crippen LogP contribution in [0, 0.1) is 11.8 Å². The molecule has 0 unspecified atom stereocenters. The van der Waals surface area contributed by atoms with E-state index in [1.807, 2.05) is 13.8 Å². The van der Waals surface area contributed by atoms with E-state index >= 15 is 0 Å². The molecule has 9 heteroatoms. The standard InChI is InChI=1S/C19H36N4O5/c1-11(2)9-14(10-24)23(22-18(27)28-19(6,7)8)17(26)13(5)21-16(25)15(20)12(3)4/h10-15H,9,20H2,1-8H3,(H,21,25)(H,22,27)/t13-,14-,15-/m0/s1. The molecular formula is C19H36N4O5. The Kier molecular flexibility index (Phi) is 10.1. The smallest absolute Gasteiger partial charge is 0.426 e. The Morgan fingerprint density at radius 1 is 1.11 bits per heavy atom. The van der Waals surface area contributed by atoms with Crippen LogP contribution in [-0.4, -0.2) is 52.9 Å². The van der Waals surface area contributed by atoms with Crippen molar-refractivity contribution in [3.63, 3.8) is 0 Å². The Morgan fingerprint density at radius 3 is 2.04 bits per heavy atom. The Morgan fingerprint density at radius 2 is 1.64 bits per heavy atom. The van der Waals surface area contributed by atoms with Crippen LogP contribution in [0.4, 0.5) is 4.79 Å². The van der Waals surface area contributed by atoms with Crippen LogP contribution in [-0.2, 0) is 19.1 Å². The fraction of sp³-hybridized carbons (Fsp3) is 0.789. The molecule has 0 radical (unpaired) electrons. The molecule has 0 heterocycles. The summed E-state index contributed by atoms with van der Waals surface area (Å²) in [5.41, 5.74) is 7.37. The van der Waals surface area contributed by atoms with Crippen molar-refractivity contribution in [1.29, 1.82) is 0 Å². The quantitative estimate of drug-likeness (QED) is 0.416. The fourth-order valence-electron chi connectivity index (χ4n) is 2.29. The van der Waals surface area contributed by atoms with Gasteiger partial charge in [0, 0.05) is 0 Å². The molecule has 0 spiro atoms. The van der Waals surface area contributed by atoms with E-state index in [0.717, 1.165) is 5.01 Å². The molecular weight excluding hydrogens is 364 g/mol. The number of ether oxygens (including phenoxy) is 1. The third-order valence-electron chi connectivity index (χ3n) is 3.80. The highest BCUT2D eigenvalue weighted by atomic mass is 16.6. The predicted octanol–water partition coefficient (Wildman–Crippen LogP) is 1.36. The van der Waals surface area contributed by atoms with Crippen molar-refractivity contribution in [2.24, 2.45) is 17.6 Å². The second kappa shape index (κ2) is 11.0. The van der Waals surface area contributed by atoms with E-state index in [1.54, 1.807) is 34.6 Å². The fourth-order valence-corrected chi connectivity index (χ4v) is 2.29. The monoisotopic (exact) mass is 400 g/mol. The minimum Gasteiger partial charge on any atom is -0.443 e. The number of nitrogens with one attached hydrogen (secondary N) is 2. The summed E-state index contributed by atoms with van der Waals surface area (Å²) in [7, 11) is 0. The van der Waals surface area contributed by atoms with Gasteiger partial charge in [0.2, 0.25) is 5.91 Å². The van der Waals surface area contributed by atoms with Gasteiger partial charge in [-0.1, -0.05) is 27.7 Å². The molecule has 4 N–H and O–H groups in total. The van der Waals surface area contributed by atoms with Crippen LogP contribution in [0.5, 0.6) is 0 Å². The zero-order valence-electron chi connectivity index (χ0n) is 18.2. The number of hydrogen-bond acceptors (Lipinski definition) is 6. The molecule has 0 aliphatic carbocycles. The largest absolute Gasteiger partial charge is 0.443 e. The highest BCUT2D eigenvalue weighted by molar-refractivity contribution is 5.91. The van der Waals surface area contributed by atoms with Gasteiger partial charge in [-0.3, -0.25) is 9.59 Å². The van der Waals surface area contributed by atoms with Gasteiger partial charge in [0.05, 0.1) is 6.04 Å². The molecule has 0 aromatic rings. The van der Waals surface area contributed by atoms with Gasteiger partial charge in [0.15, 0.2) is 0 Å². The van der Waals surface area contributed by atoms with Gasteiger partial charge in [-0.15, -0.1) is 0 Å². The first-order valence-corrected chi connectivity index (χ1v) is 9.53. The van der Waals surface area contributed by atoms with Crippen molar-refractivity contribution in [3.8, 4) is 0 Å². The summed E-state index contributed by atoms with van der Waals surface area (Å²) in [5, 5.41) is 3.46. The van der Waals surface area contributed by atoms with Crippen molar-refractivity contribution in [2.75, 3.05) is 0 Å². The molecule has 3 amide bonds. The zero-order valence-corrected chi connectivity index (χ0v) is 18.2. The van der Waals surface area contributed by atoms with Crippen LogP contribution in [0.2, 0.25) is 0 Å². The topological polar surface area (TPSA) is 131 Å². The summed E-state index contributed by atoms with van der Waals surface area (Å²) in [5.74, 6) is -1.15. The molecule has 9 nitrogen and oxygen atoms in total. The van der Waals surface area contributed by atoms with Crippen LogP contribution in [0.3, 0.4) is 0 Å². The first-order valence-electron chi connectivity index (χ1n) is 9.53. The van der Waals surface area contributed by atoms with Gasteiger partial charge in [-0.05, 0) is 46.0 Å². The van der Waals surface area contributed by atoms with Crippen molar-refractivity contribution < 1.29 is 23.9 Å². The SMILES string of the molecule is CC(C)C[C@@H](C=O)N(NC(=O)OC(C)(C)C)C(=O)[C@H](C)NC(=O)[C@@H](N)C(C)C. The van der Waals surface area contributed by atoms with E-state index in [4.69, 9.17) is 10.5 Å². The van der Waals surface area contributed by atoms with Gasteiger partial charge >= 0.3 is 6.09 Å². The number of carbonyl (C=O) groups is 4. The lowest BCUT2D eigenvalue weighted by Gasteiger charge is -2.32. The van der Waals surface area contributed by atoms with E-state index < -0.39 is 41.6 Å². The molecule has 0 saturated carbocycles. The molecule has 0 fully saturated rings. The summed E-state index contributed by atoms with van der Waals surface area (Å²) in [4.78, 5) is 48.8. The minimum atomic E-state index is -0.998. The molecule has 0 aromatic carbocycles. The number of amides is 3. The highest BCUT2D eigenvalue weighted by Crippen LogP contribution is 2.12. The van der Waals surface area contributed by atoms with Crippen LogP contribution >= 0.6 is 0 Å². The number of nitrogens with zero attached hydrogens (tertiary/aromatic N) is 1. The van der Waals surface area contributed by atoms with Crippen LogP contribution in [0.1, 0.15) is 61.8 Å². The number of hydrogen-bond donors (Lipinski definition) is 3. The normalized spacial score (nSPS) is 14.8. The average molecular weight is 401 g/mol. The molecule has 0 aliphatic heterocycles. The van der Waals surface area contributed by atoms with Crippen LogP contribution < -0.4 is 16.5 Å². The summed E-state index contributed by atoms with van der Waals surface area (Å²) >= 11 is 0. The Bertz CT molecular complexity index is 557. The maximum Gasteiger partial charge on any atom is 0.426 e. The third kappa shape index (κ3) is 9.16. The maximum atomic E-state index is 12.9. The Balaban J connectivity index is 5.46. The molecule has 28 heavy (non-hydrogen) atoms. The molecule has 0 aromatic heterocycles. The van der Waals surface area contributed by atoms with Gasteiger partial charge in [-0.25, -0.2) is 15.2 Å². The molecule has 3 atom stereocenters. The van der Waals surface area contributed by atoms with Crippen molar-refractivity contribution in [2.45, 2.75) is 85.5 Å². The summed E-state index contributed by atoms with van der Waals surface area (Å²) < 4.78 is 5.18. The molecule has 162 valence electrons. The number of rotatable bonds is 8. The second-order valence-corrected chi connectivity index (χ2v) is 8.65. The van der Waals surface area contributed by atoms with E-state index in [9.17, 15) is 19.2 Å². The summed E-state index contributed by atoms with van der Waals surface area (Å²) in [6.45, 7) is 13.9. The number of nitrogens with two attached hydrogens (primary N) is 1. The van der Waals surface area contributed by atoms with E-state index in [0.29, 0.717) is 12.7 Å². The molecule has 0 rings (SSSR count). The van der Waals surface area contributed by atoms with E-state index in [-0.39, 0.29) is 11.8 Å². The van der Waals surface area contributed by atoms with Crippen LogP contribution in [0.15, 0.2) is 0 Å². The van der Waals surface area contributed by atoms with Gasteiger partial charge in [0.1, 0.15) is 24.0 Å². The van der Waals surface area contributed by atoms with Gasteiger partial charge < -0.3 is 20.6 Å². The van der Waals surface area contributed by atoms with E-state index in [2.05, 4.69) is 10.7 Å². The molecule has 0 aliphatic rings. The maximum absolute atomic E-state index is 12.9. The first kappa shape index (κ1) is 25.8. The highest BCUT2D eigenvalue weighted by Gasteiger charge is 2.32. The lowest BCUT2D eigenvalue weighted by molar-refractivity contribution is -0.143. The number of carbonyl (C=O) groups excluding carboxylic acids is 4. The van der Waals surface area contributed by atoms with Crippen molar-refractivity contribution >= 4 is 24.2 Å². The van der Waals surface area contributed by atoms with Crippen molar-refractivity contribution in [3.05, 3.63) is 0 Å². The predicted molar refractivity (Wildman–Crippen MR) is 106 cm³/mol. The molecule has 0 bridgehead atoms. The number of hydrazine groups is 1. The van der Waals surface area contributed by atoms with Gasteiger partial charge in [-0.2, -0.15) is 0 Å². The second-order valence-electron chi connectivity index (χ2n) is 8.65. The minimum absolute atomic E-state index is 0.0881. The van der Waals surface area contributed by atoms with Crippen LogP contribution in [0.25, 0.3) is 0 Å². The summed E-state index contributed by atoms with van der Waals surface area (Å²) in [6, 6.07) is -2.68. The molecule has 0 saturated heterocycles. The first-order chi connectivity index (χ1) is 12.7. The Labute approximate surface area is 167 Å². The zero-order chi connectivity index (χ0) is 22.2. The average Bonchev–Trinajstić information content (AvgIpc) is 2.54. The number of aldehydes is 1. The third-order valence-corrected chi connectivity index (χ3v) is 3.80. The van der Waals surface area contributed by atoms with Crippen molar-refractivity contribution in [1.82, 2.24) is 15.8 Å². The van der Waals surface area contributed by atoms with Gasteiger partial charge in [0.25, 0.3) is 5.91 Å². The lowest BCUT2D eigenvalue weighted by atomic mass is 10.0. The summed E-state index contributed by atoms with van der Waals surface area (Å²) in [6.07, 6.45) is 0.0507. The lowest BCUT2D eigenvalue weighted by Crippen LogP contribution is -2.60. The Hall–Kier alpha value is -2.16.